The number of aryl methyl sites for hydroxylation is 2. The molecular formula is C20H23FN4O2. The fourth-order valence-electron chi connectivity index (χ4n) is 3.09. The van der Waals surface area contributed by atoms with Crippen molar-refractivity contribution in [1.29, 1.82) is 0 Å². The molecule has 0 spiro atoms. The molecular weight excluding hydrogens is 347 g/mol. The predicted octanol–water partition coefficient (Wildman–Crippen LogP) is 2.40. The van der Waals surface area contributed by atoms with E-state index in [-0.39, 0.29) is 23.5 Å². The summed E-state index contributed by atoms with van der Waals surface area (Å²) >= 11 is 0. The van der Waals surface area contributed by atoms with Crippen LogP contribution >= 0.6 is 0 Å². The van der Waals surface area contributed by atoms with Crippen LogP contribution in [0.1, 0.15) is 40.2 Å². The summed E-state index contributed by atoms with van der Waals surface area (Å²) in [5, 5.41) is 2.87. The van der Waals surface area contributed by atoms with Gasteiger partial charge in [0.1, 0.15) is 11.5 Å². The molecule has 1 N–H and O–H groups in total. The van der Waals surface area contributed by atoms with Crippen molar-refractivity contribution in [2.75, 3.05) is 13.1 Å². The maximum Gasteiger partial charge on any atom is 0.274 e. The van der Waals surface area contributed by atoms with Gasteiger partial charge in [0.15, 0.2) is 0 Å². The van der Waals surface area contributed by atoms with Gasteiger partial charge in [-0.15, -0.1) is 0 Å². The van der Waals surface area contributed by atoms with E-state index in [1.54, 1.807) is 24.1 Å². The molecule has 3 rings (SSSR count). The standard InChI is InChI=1S/C20H23FN4O2/c1-13-3-4-15(9-17(13)21)11-24-19(26)16-5-7-25(8-6-16)20(27)18-12-22-14(2)10-23-18/h3-4,9-10,12,16H,5-8,11H2,1-2H3,(H,24,26). The maximum absolute atomic E-state index is 13.6. The van der Waals surface area contributed by atoms with Crippen LogP contribution in [0.3, 0.4) is 0 Å². The highest BCUT2D eigenvalue weighted by Crippen LogP contribution is 2.19. The molecule has 2 amide bonds. The fourth-order valence-corrected chi connectivity index (χ4v) is 3.09. The van der Waals surface area contributed by atoms with Gasteiger partial charge in [-0.25, -0.2) is 9.37 Å². The number of halogens is 1. The summed E-state index contributed by atoms with van der Waals surface area (Å²) in [6.07, 6.45) is 4.25. The molecule has 27 heavy (non-hydrogen) atoms. The molecule has 1 saturated heterocycles. The van der Waals surface area contributed by atoms with Crippen LogP contribution < -0.4 is 5.32 Å². The van der Waals surface area contributed by atoms with E-state index in [0.717, 1.165) is 11.3 Å². The second-order valence-electron chi connectivity index (χ2n) is 6.91. The molecule has 1 fully saturated rings. The Kier molecular flexibility index (Phi) is 5.78. The summed E-state index contributed by atoms with van der Waals surface area (Å²) in [6.45, 7) is 4.83. The molecule has 0 radical (unpaired) electrons. The molecule has 0 bridgehead atoms. The summed E-state index contributed by atoms with van der Waals surface area (Å²) in [5.74, 6) is -0.629. The minimum Gasteiger partial charge on any atom is -0.352 e. The second kappa shape index (κ2) is 8.24. The lowest BCUT2D eigenvalue weighted by atomic mass is 9.95. The number of hydrogen-bond acceptors (Lipinski definition) is 4. The number of piperidine rings is 1. The molecule has 1 aliphatic heterocycles. The minimum absolute atomic E-state index is 0.0572. The van der Waals surface area contributed by atoms with Crippen molar-refractivity contribution in [3.05, 3.63) is 58.9 Å². The summed E-state index contributed by atoms with van der Waals surface area (Å²) in [7, 11) is 0. The summed E-state index contributed by atoms with van der Waals surface area (Å²) in [6, 6.07) is 4.96. The van der Waals surface area contributed by atoms with Crippen molar-refractivity contribution >= 4 is 11.8 Å². The zero-order chi connectivity index (χ0) is 19.4. The van der Waals surface area contributed by atoms with Crippen molar-refractivity contribution in [3.8, 4) is 0 Å². The third-order valence-electron chi connectivity index (χ3n) is 4.86. The minimum atomic E-state index is -0.271. The smallest absolute Gasteiger partial charge is 0.274 e. The zero-order valence-electron chi connectivity index (χ0n) is 15.5. The van der Waals surface area contributed by atoms with Gasteiger partial charge in [0.05, 0.1) is 11.9 Å². The third-order valence-corrected chi connectivity index (χ3v) is 4.86. The van der Waals surface area contributed by atoms with Gasteiger partial charge in [0.25, 0.3) is 5.91 Å². The van der Waals surface area contributed by atoms with E-state index in [9.17, 15) is 14.0 Å². The highest BCUT2D eigenvalue weighted by Gasteiger charge is 2.28. The first-order valence-electron chi connectivity index (χ1n) is 9.04. The van der Waals surface area contributed by atoms with Crippen LogP contribution in [0.15, 0.2) is 30.6 Å². The average molecular weight is 370 g/mol. The Morgan fingerprint density at radius 1 is 1.19 bits per heavy atom. The summed E-state index contributed by atoms with van der Waals surface area (Å²) < 4.78 is 13.6. The van der Waals surface area contributed by atoms with E-state index in [4.69, 9.17) is 0 Å². The quantitative estimate of drug-likeness (QED) is 0.897. The van der Waals surface area contributed by atoms with E-state index in [0.29, 0.717) is 43.7 Å². The molecule has 0 aliphatic carbocycles. The lowest BCUT2D eigenvalue weighted by molar-refractivity contribution is -0.126. The van der Waals surface area contributed by atoms with Crippen molar-refractivity contribution in [2.45, 2.75) is 33.2 Å². The number of benzene rings is 1. The molecule has 142 valence electrons. The molecule has 6 nitrogen and oxygen atoms in total. The first kappa shape index (κ1) is 18.9. The van der Waals surface area contributed by atoms with Gasteiger partial charge < -0.3 is 10.2 Å². The lowest BCUT2D eigenvalue weighted by Crippen LogP contribution is -2.43. The van der Waals surface area contributed by atoms with Crippen LogP contribution in [0.5, 0.6) is 0 Å². The van der Waals surface area contributed by atoms with Crippen LogP contribution in [0, 0.1) is 25.6 Å². The van der Waals surface area contributed by atoms with E-state index in [1.165, 1.54) is 12.3 Å². The lowest BCUT2D eigenvalue weighted by Gasteiger charge is -2.31. The highest BCUT2D eigenvalue weighted by molar-refractivity contribution is 5.92. The number of hydrogen-bond donors (Lipinski definition) is 1. The first-order chi connectivity index (χ1) is 12.9. The van der Waals surface area contributed by atoms with E-state index in [2.05, 4.69) is 15.3 Å². The summed E-state index contributed by atoms with van der Waals surface area (Å²) in [5.41, 5.74) is 2.40. The Hall–Kier alpha value is -2.83. The molecule has 7 heteroatoms. The number of carbonyl (C=O) groups excluding carboxylic acids is 2. The fraction of sp³-hybridized carbons (Fsp3) is 0.400. The van der Waals surface area contributed by atoms with Crippen LogP contribution in [-0.2, 0) is 11.3 Å². The number of nitrogens with one attached hydrogen (secondary N) is 1. The molecule has 1 aromatic carbocycles. The molecule has 0 unspecified atom stereocenters. The average Bonchev–Trinajstić information content (AvgIpc) is 2.69. The topological polar surface area (TPSA) is 75.2 Å². The zero-order valence-corrected chi connectivity index (χ0v) is 15.5. The van der Waals surface area contributed by atoms with Gasteiger partial charge >= 0.3 is 0 Å². The Morgan fingerprint density at radius 2 is 1.93 bits per heavy atom. The highest BCUT2D eigenvalue weighted by atomic mass is 19.1. The molecule has 0 saturated carbocycles. The Bertz CT molecular complexity index is 830. The maximum atomic E-state index is 13.6. The van der Waals surface area contributed by atoms with E-state index in [1.807, 2.05) is 13.0 Å². The van der Waals surface area contributed by atoms with Gasteiger partial charge in [-0.1, -0.05) is 12.1 Å². The number of rotatable bonds is 4. The monoisotopic (exact) mass is 370 g/mol. The molecule has 2 aromatic rings. The van der Waals surface area contributed by atoms with Crippen molar-refractivity contribution < 1.29 is 14.0 Å². The molecule has 2 heterocycles. The first-order valence-corrected chi connectivity index (χ1v) is 9.04. The molecule has 0 atom stereocenters. The second-order valence-corrected chi connectivity index (χ2v) is 6.91. The van der Waals surface area contributed by atoms with Gasteiger partial charge in [-0.2, -0.15) is 0 Å². The van der Waals surface area contributed by atoms with Crippen LogP contribution in [0.25, 0.3) is 0 Å². The van der Waals surface area contributed by atoms with Gasteiger partial charge in [-0.05, 0) is 43.9 Å². The van der Waals surface area contributed by atoms with E-state index < -0.39 is 0 Å². The van der Waals surface area contributed by atoms with Crippen LogP contribution in [-0.4, -0.2) is 39.8 Å². The van der Waals surface area contributed by atoms with Crippen molar-refractivity contribution in [3.63, 3.8) is 0 Å². The Morgan fingerprint density at radius 3 is 2.56 bits per heavy atom. The number of likely N-dealkylation sites (tertiary alicyclic amines) is 1. The SMILES string of the molecule is Cc1cnc(C(=O)N2CCC(C(=O)NCc3ccc(C)c(F)c3)CC2)cn1. The van der Waals surface area contributed by atoms with Crippen molar-refractivity contribution in [2.24, 2.45) is 5.92 Å². The number of aromatic nitrogens is 2. The number of nitrogens with zero attached hydrogens (tertiary/aromatic N) is 3. The summed E-state index contributed by atoms with van der Waals surface area (Å²) in [4.78, 5) is 34.8. The number of carbonyl (C=O) groups is 2. The predicted molar refractivity (Wildman–Crippen MR) is 98.4 cm³/mol. The molecule has 1 aliphatic rings. The molecule has 1 aromatic heterocycles. The Balaban J connectivity index is 1.49. The largest absolute Gasteiger partial charge is 0.352 e. The normalized spacial score (nSPS) is 14.9. The van der Waals surface area contributed by atoms with Gasteiger partial charge in [-0.3, -0.25) is 14.6 Å². The van der Waals surface area contributed by atoms with Crippen LogP contribution in [0.4, 0.5) is 4.39 Å². The van der Waals surface area contributed by atoms with Crippen LogP contribution in [0.2, 0.25) is 0 Å². The van der Waals surface area contributed by atoms with Gasteiger partial charge in [0.2, 0.25) is 5.91 Å². The van der Waals surface area contributed by atoms with Gasteiger partial charge in [0, 0.05) is 31.7 Å². The third kappa shape index (κ3) is 4.67. The Labute approximate surface area is 157 Å². The number of amides is 2. The van der Waals surface area contributed by atoms with E-state index >= 15 is 0 Å². The van der Waals surface area contributed by atoms with Crippen molar-refractivity contribution in [1.82, 2.24) is 20.2 Å².